The highest BCUT2D eigenvalue weighted by atomic mass is 32.2. The van der Waals surface area contributed by atoms with E-state index in [0.29, 0.717) is 31.1 Å². The van der Waals surface area contributed by atoms with Crippen LogP contribution in [0.1, 0.15) is 5.69 Å². The number of hydrogen-bond acceptors (Lipinski definition) is 3. The van der Waals surface area contributed by atoms with Crippen LogP contribution in [0.3, 0.4) is 0 Å². The van der Waals surface area contributed by atoms with Crippen LogP contribution in [-0.4, -0.2) is 43.5 Å². The van der Waals surface area contributed by atoms with Crippen molar-refractivity contribution >= 4 is 20.9 Å². The molecule has 2 aromatic rings. The molecular formula is C14H19N3O2S. The summed E-state index contributed by atoms with van der Waals surface area (Å²) in [5.74, 6) is 0. The van der Waals surface area contributed by atoms with Crippen molar-refractivity contribution < 1.29 is 8.42 Å². The average Bonchev–Trinajstić information content (AvgIpc) is 2.73. The lowest BCUT2D eigenvalue weighted by Crippen LogP contribution is -2.46. The van der Waals surface area contributed by atoms with Crippen molar-refractivity contribution in [2.45, 2.75) is 11.8 Å². The van der Waals surface area contributed by atoms with E-state index in [0.717, 1.165) is 16.6 Å². The van der Waals surface area contributed by atoms with Gasteiger partial charge in [-0.25, -0.2) is 8.42 Å². The molecule has 0 spiro atoms. The SMILES string of the molecule is Cc1c(S(=O)(=O)N2CCNCC2)c2ccccc2n1C. The smallest absolute Gasteiger partial charge is 0.245 e. The molecule has 0 radical (unpaired) electrons. The van der Waals surface area contributed by atoms with Crippen molar-refractivity contribution in [1.82, 2.24) is 14.2 Å². The minimum Gasteiger partial charge on any atom is -0.347 e. The molecule has 1 aliphatic rings. The number of para-hydroxylation sites is 1. The summed E-state index contributed by atoms with van der Waals surface area (Å²) in [6.45, 7) is 4.36. The average molecular weight is 293 g/mol. The Balaban J connectivity index is 2.21. The van der Waals surface area contributed by atoms with Crippen molar-refractivity contribution in [3.05, 3.63) is 30.0 Å². The molecule has 1 aliphatic heterocycles. The Hall–Kier alpha value is -1.37. The molecule has 0 atom stereocenters. The molecule has 1 aromatic carbocycles. The van der Waals surface area contributed by atoms with Crippen molar-refractivity contribution in [3.63, 3.8) is 0 Å². The van der Waals surface area contributed by atoms with E-state index in [-0.39, 0.29) is 0 Å². The van der Waals surface area contributed by atoms with E-state index in [2.05, 4.69) is 5.32 Å². The Bertz CT molecular complexity index is 743. The number of rotatable bonds is 2. The first-order chi connectivity index (χ1) is 9.53. The molecule has 0 bridgehead atoms. The number of hydrogen-bond donors (Lipinski definition) is 1. The number of piperazine rings is 1. The predicted molar refractivity (Wildman–Crippen MR) is 79.3 cm³/mol. The highest BCUT2D eigenvalue weighted by Gasteiger charge is 2.30. The Morgan fingerprint density at radius 3 is 2.50 bits per heavy atom. The van der Waals surface area contributed by atoms with E-state index in [1.54, 1.807) is 4.31 Å². The minimum atomic E-state index is -3.43. The fourth-order valence-electron chi connectivity index (χ4n) is 2.83. The van der Waals surface area contributed by atoms with Gasteiger partial charge in [-0.15, -0.1) is 0 Å². The van der Waals surface area contributed by atoms with Gasteiger partial charge in [-0.05, 0) is 13.0 Å². The monoisotopic (exact) mass is 293 g/mol. The summed E-state index contributed by atoms with van der Waals surface area (Å²) in [4.78, 5) is 0.456. The summed E-state index contributed by atoms with van der Waals surface area (Å²) in [5, 5.41) is 4.00. The van der Waals surface area contributed by atoms with Crippen molar-refractivity contribution in [3.8, 4) is 0 Å². The molecule has 6 heteroatoms. The molecular weight excluding hydrogens is 274 g/mol. The first-order valence-corrected chi connectivity index (χ1v) is 8.22. The topological polar surface area (TPSA) is 54.3 Å². The zero-order chi connectivity index (χ0) is 14.3. The summed E-state index contributed by atoms with van der Waals surface area (Å²) in [7, 11) is -1.51. The van der Waals surface area contributed by atoms with Gasteiger partial charge >= 0.3 is 0 Å². The predicted octanol–water partition coefficient (Wildman–Crippen LogP) is 1.08. The number of sulfonamides is 1. The Kier molecular flexibility index (Phi) is 3.32. The van der Waals surface area contributed by atoms with Crippen LogP contribution in [0.2, 0.25) is 0 Å². The van der Waals surface area contributed by atoms with Crippen LogP contribution in [0.25, 0.3) is 10.9 Å². The summed E-state index contributed by atoms with van der Waals surface area (Å²) in [6.07, 6.45) is 0. The van der Waals surface area contributed by atoms with E-state index in [4.69, 9.17) is 0 Å². The van der Waals surface area contributed by atoms with Gasteiger partial charge < -0.3 is 9.88 Å². The fourth-order valence-corrected chi connectivity index (χ4v) is 4.71. The Labute approximate surface area is 119 Å². The second kappa shape index (κ2) is 4.87. The molecule has 20 heavy (non-hydrogen) atoms. The van der Waals surface area contributed by atoms with Crippen LogP contribution in [0.4, 0.5) is 0 Å². The van der Waals surface area contributed by atoms with Gasteiger partial charge in [-0.2, -0.15) is 4.31 Å². The van der Waals surface area contributed by atoms with Crippen LogP contribution < -0.4 is 5.32 Å². The molecule has 0 saturated carbocycles. The molecule has 0 amide bonds. The molecule has 3 rings (SSSR count). The summed E-state index contributed by atoms with van der Waals surface area (Å²) < 4.78 is 29.4. The molecule has 5 nitrogen and oxygen atoms in total. The molecule has 1 fully saturated rings. The second-order valence-electron chi connectivity index (χ2n) is 5.14. The quantitative estimate of drug-likeness (QED) is 0.901. The lowest BCUT2D eigenvalue weighted by atomic mass is 10.2. The van der Waals surface area contributed by atoms with Crippen LogP contribution in [0, 0.1) is 6.92 Å². The van der Waals surface area contributed by atoms with Gasteiger partial charge in [0.25, 0.3) is 0 Å². The van der Waals surface area contributed by atoms with Crippen molar-refractivity contribution in [2.75, 3.05) is 26.2 Å². The first kappa shape index (κ1) is 13.6. The first-order valence-electron chi connectivity index (χ1n) is 6.78. The molecule has 108 valence electrons. The van der Waals surface area contributed by atoms with Gasteiger partial charge in [0.2, 0.25) is 10.0 Å². The van der Waals surface area contributed by atoms with Gasteiger partial charge in [0, 0.05) is 49.8 Å². The minimum absolute atomic E-state index is 0.456. The zero-order valence-corrected chi connectivity index (χ0v) is 12.6. The van der Waals surface area contributed by atoms with Crippen molar-refractivity contribution in [2.24, 2.45) is 7.05 Å². The van der Waals surface area contributed by atoms with Gasteiger partial charge in [0.05, 0.1) is 0 Å². The molecule has 1 saturated heterocycles. The Morgan fingerprint density at radius 1 is 1.15 bits per heavy atom. The van der Waals surface area contributed by atoms with E-state index < -0.39 is 10.0 Å². The maximum atomic E-state index is 12.9. The third-order valence-corrected chi connectivity index (χ3v) is 6.09. The van der Waals surface area contributed by atoms with Gasteiger partial charge in [-0.1, -0.05) is 18.2 Å². The third-order valence-electron chi connectivity index (χ3n) is 4.02. The summed E-state index contributed by atoms with van der Waals surface area (Å²) in [5.41, 5.74) is 1.75. The number of nitrogens with zero attached hydrogens (tertiary/aromatic N) is 2. The molecule has 2 heterocycles. The molecule has 1 aromatic heterocycles. The fraction of sp³-hybridized carbons (Fsp3) is 0.429. The van der Waals surface area contributed by atoms with Crippen LogP contribution in [-0.2, 0) is 17.1 Å². The second-order valence-corrected chi connectivity index (χ2v) is 7.02. The largest absolute Gasteiger partial charge is 0.347 e. The lowest BCUT2D eigenvalue weighted by molar-refractivity contribution is 0.360. The number of aromatic nitrogens is 1. The maximum Gasteiger partial charge on any atom is 0.245 e. The number of nitrogens with one attached hydrogen (secondary N) is 1. The molecule has 1 N–H and O–H groups in total. The van der Waals surface area contributed by atoms with E-state index in [9.17, 15) is 8.42 Å². The van der Waals surface area contributed by atoms with Crippen molar-refractivity contribution in [1.29, 1.82) is 0 Å². The maximum absolute atomic E-state index is 12.9. The number of fused-ring (bicyclic) bond motifs is 1. The van der Waals surface area contributed by atoms with E-state index >= 15 is 0 Å². The van der Waals surface area contributed by atoms with Gasteiger partial charge in [0.15, 0.2) is 0 Å². The van der Waals surface area contributed by atoms with Gasteiger partial charge in [-0.3, -0.25) is 0 Å². The van der Waals surface area contributed by atoms with Crippen LogP contribution in [0.15, 0.2) is 29.2 Å². The molecule has 0 unspecified atom stereocenters. The van der Waals surface area contributed by atoms with Gasteiger partial charge in [0.1, 0.15) is 4.90 Å². The number of benzene rings is 1. The van der Waals surface area contributed by atoms with Crippen LogP contribution in [0.5, 0.6) is 0 Å². The Morgan fingerprint density at radius 2 is 1.80 bits per heavy atom. The highest BCUT2D eigenvalue weighted by Crippen LogP contribution is 2.31. The highest BCUT2D eigenvalue weighted by molar-refractivity contribution is 7.89. The summed E-state index contributed by atoms with van der Waals surface area (Å²) in [6, 6.07) is 7.66. The van der Waals surface area contributed by atoms with E-state index in [1.807, 2.05) is 42.8 Å². The summed E-state index contributed by atoms with van der Waals surface area (Å²) >= 11 is 0. The molecule has 0 aliphatic carbocycles. The normalized spacial score (nSPS) is 17.7. The number of aryl methyl sites for hydroxylation is 1. The standard InChI is InChI=1S/C14H19N3O2S/c1-11-14(12-5-3-4-6-13(12)16(11)2)20(18,19)17-9-7-15-8-10-17/h3-6,15H,7-10H2,1-2H3. The van der Waals surface area contributed by atoms with E-state index in [1.165, 1.54) is 0 Å². The lowest BCUT2D eigenvalue weighted by Gasteiger charge is -2.26. The third kappa shape index (κ3) is 1.95. The van der Waals surface area contributed by atoms with Crippen LogP contribution >= 0.6 is 0 Å². The zero-order valence-electron chi connectivity index (χ0n) is 11.8.